The van der Waals surface area contributed by atoms with Gasteiger partial charge in [0, 0.05) is 0 Å². The first-order valence-corrected chi connectivity index (χ1v) is 7.64. The van der Waals surface area contributed by atoms with Crippen molar-refractivity contribution in [2.24, 2.45) is 0 Å². The van der Waals surface area contributed by atoms with Crippen molar-refractivity contribution in [3.05, 3.63) is 59.0 Å². The Morgan fingerprint density at radius 1 is 1.30 bits per heavy atom. The van der Waals surface area contributed by atoms with Crippen LogP contribution in [0.4, 0.5) is 0 Å². The van der Waals surface area contributed by atoms with Crippen LogP contribution in [0.25, 0.3) is 0 Å². The van der Waals surface area contributed by atoms with Crippen LogP contribution in [0.15, 0.2) is 41.0 Å². The quantitative estimate of drug-likeness (QED) is 0.843. The molecular weight excluding hydrogens is 246 g/mol. The number of nitrogens with one attached hydrogen (secondary N) is 1. The molecule has 2 heteroatoms. The minimum absolute atomic E-state index is 0.336. The zero-order chi connectivity index (χ0) is 13.9. The number of benzene rings is 1. The zero-order valence-electron chi connectivity index (χ0n) is 12.4. The third-order valence-corrected chi connectivity index (χ3v) is 4.34. The highest BCUT2D eigenvalue weighted by Crippen LogP contribution is 2.41. The SMILES string of the molecule is CCCNC(CC1Cc2ccccc21)c1occc1C. The monoisotopic (exact) mass is 269 g/mol. The number of rotatable bonds is 6. The molecule has 1 heterocycles. The standard InChI is InChI=1S/C18H23NO/c1-3-9-19-17(18-13(2)8-10-20-18)12-15-11-14-6-4-5-7-16(14)15/h4-8,10,15,17,19H,3,9,11-12H2,1-2H3. The molecule has 1 aromatic carbocycles. The van der Waals surface area contributed by atoms with Gasteiger partial charge in [0.2, 0.25) is 0 Å². The number of fused-ring (bicyclic) bond motifs is 1. The van der Waals surface area contributed by atoms with Gasteiger partial charge in [-0.25, -0.2) is 0 Å². The molecule has 2 nitrogen and oxygen atoms in total. The maximum absolute atomic E-state index is 5.72. The zero-order valence-corrected chi connectivity index (χ0v) is 12.4. The first-order valence-electron chi connectivity index (χ1n) is 7.64. The van der Waals surface area contributed by atoms with E-state index in [9.17, 15) is 0 Å². The fourth-order valence-corrected chi connectivity index (χ4v) is 3.20. The molecule has 2 aromatic rings. The van der Waals surface area contributed by atoms with Gasteiger partial charge >= 0.3 is 0 Å². The highest BCUT2D eigenvalue weighted by molar-refractivity contribution is 5.40. The van der Waals surface area contributed by atoms with Crippen LogP contribution >= 0.6 is 0 Å². The summed E-state index contributed by atoms with van der Waals surface area (Å²) in [6.45, 7) is 5.38. The molecule has 0 fully saturated rings. The van der Waals surface area contributed by atoms with E-state index >= 15 is 0 Å². The van der Waals surface area contributed by atoms with Crippen LogP contribution in [0, 0.1) is 6.92 Å². The van der Waals surface area contributed by atoms with Gasteiger partial charge in [-0.05, 0) is 61.4 Å². The topological polar surface area (TPSA) is 25.2 Å². The molecule has 1 aliphatic rings. The summed E-state index contributed by atoms with van der Waals surface area (Å²) in [4.78, 5) is 0. The first kappa shape index (κ1) is 13.4. The van der Waals surface area contributed by atoms with E-state index in [4.69, 9.17) is 4.42 Å². The molecule has 106 valence electrons. The van der Waals surface area contributed by atoms with Gasteiger partial charge in [0.25, 0.3) is 0 Å². The van der Waals surface area contributed by atoms with E-state index in [2.05, 4.69) is 49.5 Å². The predicted octanol–water partition coefficient (Wildman–Crippen LogP) is 4.36. The highest BCUT2D eigenvalue weighted by atomic mass is 16.3. The van der Waals surface area contributed by atoms with Gasteiger partial charge in [-0.1, -0.05) is 31.2 Å². The maximum Gasteiger partial charge on any atom is 0.123 e. The normalized spacial score (nSPS) is 18.4. The molecule has 2 unspecified atom stereocenters. The van der Waals surface area contributed by atoms with Gasteiger partial charge < -0.3 is 9.73 Å². The highest BCUT2D eigenvalue weighted by Gasteiger charge is 2.29. The second-order valence-corrected chi connectivity index (χ2v) is 5.81. The Bertz CT molecular complexity index is 572. The molecule has 0 amide bonds. The van der Waals surface area contributed by atoms with Gasteiger partial charge in [-0.2, -0.15) is 0 Å². The number of hydrogen-bond acceptors (Lipinski definition) is 2. The van der Waals surface area contributed by atoms with Gasteiger partial charge in [0.15, 0.2) is 0 Å². The Kier molecular flexibility index (Phi) is 3.93. The molecule has 0 saturated carbocycles. The van der Waals surface area contributed by atoms with Crippen LogP contribution in [0.3, 0.4) is 0 Å². The summed E-state index contributed by atoms with van der Waals surface area (Å²) >= 11 is 0. The lowest BCUT2D eigenvalue weighted by molar-refractivity contribution is 0.360. The van der Waals surface area contributed by atoms with Gasteiger partial charge in [-0.15, -0.1) is 0 Å². The summed E-state index contributed by atoms with van der Waals surface area (Å²) in [7, 11) is 0. The van der Waals surface area contributed by atoms with Crippen molar-refractivity contribution in [3.8, 4) is 0 Å². The lowest BCUT2D eigenvalue weighted by Gasteiger charge is -2.33. The Morgan fingerprint density at radius 2 is 2.15 bits per heavy atom. The third-order valence-electron chi connectivity index (χ3n) is 4.34. The number of furan rings is 1. The van der Waals surface area contributed by atoms with Gasteiger partial charge in [0.1, 0.15) is 5.76 Å². The number of hydrogen-bond donors (Lipinski definition) is 1. The minimum Gasteiger partial charge on any atom is -0.467 e. The Morgan fingerprint density at radius 3 is 2.85 bits per heavy atom. The van der Waals surface area contributed by atoms with Crippen LogP contribution < -0.4 is 5.32 Å². The van der Waals surface area contributed by atoms with E-state index < -0.39 is 0 Å². The molecule has 1 N–H and O–H groups in total. The van der Waals surface area contributed by atoms with E-state index in [1.54, 1.807) is 6.26 Å². The minimum atomic E-state index is 0.336. The summed E-state index contributed by atoms with van der Waals surface area (Å²) in [6, 6.07) is 11.2. The van der Waals surface area contributed by atoms with Crippen molar-refractivity contribution in [1.29, 1.82) is 0 Å². The summed E-state index contributed by atoms with van der Waals surface area (Å²) in [5.41, 5.74) is 4.30. The Labute approximate surface area is 121 Å². The average molecular weight is 269 g/mol. The molecule has 20 heavy (non-hydrogen) atoms. The molecule has 2 atom stereocenters. The third kappa shape index (κ3) is 2.53. The largest absolute Gasteiger partial charge is 0.467 e. The second kappa shape index (κ2) is 5.84. The summed E-state index contributed by atoms with van der Waals surface area (Å²) < 4.78 is 5.72. The molecule has 0 radical (unpaired) electrons. The number of aryl methyl sites for hydroxylation is 1. The molecule has 1 aromatic heterocycles. The molecule has 0 spiro atoms. The lowest BCUT2D eigenvalue weighted by atomic mass is 9.74. The van der Waals surface area contributed by atoms with Crippen molar-refractivity contribution in [2.45, 2.75) is 45.1 Å². The molecule has 0 aliphatic heterocycles. The molecule has 3 rings (SSSR count). The molecular formula is C18H23NO. The van der Waals surface area contributed by atoms with Crippen molar-refractivity contribution >= 4 is 0 Å². The first-order chi connectivity index (χ1) is 9.79. The molecule has 0 saturated heterocycles. The van der Waals surface area contributed by atoms with Crippen molar-refractivity contribution < 1.29 is 4.42 Å². The average Bonchev–Trinajstić information content (AvgIpc) is 2.86. The van der Waals surface area contributed by atoms with Crippen LogP contribution in [-0.4, -0.2) is 6.54 Å². The fourth-order valence-electron chi connectivity index (χ4n) is 3.20. The molecule has 0 bridgehead atoms. The second-order valence-electron chi connectivity index (χ2n) is 5.81. The summed E-state index contributed by atoms with van der Waals surface area (Å²) in [5, 5.41) is 3.65. The maximum atomic E-state index is 5.72. The van der Waals surface area contributed by atoms with Gasteiger partial charge in [0.05, 0.1) is 12.3 Å². The Hall–Kier alpha value is -1.54. The lowest BCUT2D eigenvalue weighted by Crippen LogP contribution is -2.27. The van der Waals surface area contributed by atoms with E-state index in [-0.39, 0.29) is 0 Å². The van der Waals surface area contributed by atoms with Crippen molar-refractivity contribution in [2.75, 3.05) is 6.54 Å². The summed E-state index contributed by atoms with van der Waals surface area (Å²) in [6.07, 6.45) is 5.29. The van der Waals surface area contributed by atoms with Crippen LogP contribution in [0.5, 0.6) is 0 Å². The smallest absolute Gasteiger partial charge is 0.123 e. The van der Waals surface area contributed by atoms with Crippen LogP contribution in [-0.2, 0) is 6.42 Å². The predicted molar refractivity (Wildman–Crippen MR) is 82.0 cm³/mol. The summed E-state index contributed by atoms with van der Waals surface area (Å²) in [5.74, 6) is 1.79. The van der Waals surface area contributed by atoms with Crippen molar-refractivity contribution in [1.82, 2.24) is 5.32 Å². The Balaban J connectivity index is 1.73. The van der Waals surface area contributed by atoms with Crippen LogP contribution in [0.1, 0.15) is 54.2 Å². The van der Waals surface area contributed by atoms with E-state index in [0.717, 1.165) is 25.1 Å². The van der Waals surface area contributed by atoms with E-state index in [1.165, 1.54) is 23.1 Å². The molecule has 1 aliphatic carbocycles. The van der Waals surface area contributed by atoms with Gasteiger partial charge in [-0.3, -0.25) is 0 Å². The van der Waals surface area contributed by atoms with E-state index in [0.29, 0.717) is 12.0 Å². The van der Waals surface area contributed by atoms with E-state index in [1.807, 2.05) is 0 Å². The van der Waals surface area contributed by atoms with Crippen molar-refractivity contribution in [3.63, 3.8) is 0 Å². The fraction of sp³-hybridized carbons (Fsp3) is 0.444. The van der Waals surface area contributed by atoms with Crippen LogP contribution in [0.2, 0.25) is 0 Å².